The molecule has 0 bridgehead atoms. The van der Waals surface area contributed by atoms with Crippen LogP contribution in [-0.4, -0.2) is 44.0 Å². The highest BCUT2D eigenvalue weighted by atomic mass is 16.5. The summed E-state index contributed by atoms with van der Waals surface area (Å²) in [6.45, 7) is 0.110. The van der Waals surface area contributed by atoms with E-state index in [0.717, 1.165) is 22.3 Å². The van der Waals surface area contributed by atoms with Crippen molar-refractivity contribution in [1.29, 1.82) is 0 Å². The molecule has 0 fully saturated rings. The van der Waals surface area contributed by atoms with Crippen molar-refractivity contribution in [1.82, 2.24) is 5.32 Å². The first-order chi connectivity index (χ1) is 16.0. The van der Waals surface area contributed by atoms with E-state index >= 15 is 0 Å². The van der Waals surface area contributed by atoms with Gasteiger partial charge in [0.05, 0.1) is 14.2 Å². The number of methoxy groups -OCH3 is 2. The molecule has 170 valence electrons. The van der Waals surface area contributed by atoms with E-state index in [1.54, 1.807) is 18.2 Å². The molecular weight excluding hydrogens is 422 g/mol. The molecule has 0 radical (unpaired) electrons. The number of alkyl carbamates (subject to hydrolysis) is 1. The van der Waals surface area contributed by atoms with Crippen LogP contribution in [0.4, 0.5) is 4.79 Å². The van der Waals surface area contributed by atoms with Gasteiger partial charge in [-0.05, 0) is 39.9 Å². The second-order valence-corrected chi connectivity index (χ2v) is 7.79. The number of carbonyl (C=O) groups is 2. The molecule has 0 unspecified atom stereocenters. The second kappa shape index (κ2) is 9.65. The first-order valence-electron chi connectivity index (χ1n) is 10.6. The van der Waals surface area contributed by atoms with Crippen LogP contribution < -0.4 is 14.8 Å². The number of rotatable bonds is 8. The van der Waals surface area contributed by atoms with E-state index in [0.29, 0.717) is 17.1 Å². The monoisotopic (exact) mass is 447 g/mol. The zero-order valence-electron chi connectivity index (χ0n) is 18.4. The van der Waals surface area contributed by atoms with Gasteiger partial charge in [0.1, 0.15) is 24.1 Å². The molecule has 3 aromatic carbocycles. The standard InChI is InChI=1S/C26H25NO6/c1-31-17-11-16(12-18(14-17)32-2)13-24(25(28)29)27-26(30)33-15-23-21-9-5-3-7-19(21)20-8-4-6-10-22(20)23/h3-12,14,23-24H,13,15H2,1-2H3,(H,27,30)(H,28,29)/t24-/m0/s1. The molecule has 1 amide bonds. The van der Waals surface area contributed by atoms with Crippen molar-refractivity contribution in [3.63, 3.8) is 0 Å². The minimum absolute atomic E-state index is 0.0487. The van der Waals surface area contributed by atoms with Crippen molar-refractivity contribution in [2.45, 2.75) is 18.4 Å². The average molecular weight is 447 g/mol. The highest BCUT2D eigenvalue weighted by Gasteiger charge is 2.29. The minimum atomic E-state index is -1.17. The van der Waals surface area contributed by atoms with E-state index in [9.17, 15) is 14.7 Å². The Morgan fingerprint density at radius 3 is 1.97 bits per heavy atom. The molecule has 1 aliphatic rings. The molecule has 2 N–H and O–H groups in total. The highest BCUT2D eigenvalue weighted by molar-refractivity contribution is 5.81. The lowest BCUT2D eigenvalue weighted by Crippen LogP contribution is -2.42. The smallest absolute Gasteiger partial charge is 0.407 e. The van der Waals surface area contributed by atoms with Crippen LogP contribution in [-0.2, 0) is 16.0 Å². The van der Waals surface area contributed by atoms with Crippen molar-refractivity contribution in [2.24, 2.45) is 0 Å². The van der Waals surface area contributed by atoms with E-state index in [1.165, 1.54) is 14.2 Å². The molecule has 1 aliphatic carbocycles. The SMILES string of the molecule is COc1cc(C[C@H](NC(=O)OCC2c3ccccc3-c3ccccc32)C(=O)O)cc(OC)c1. The summed E-state index contributed by atoms with van der Waals surface area (Å²) in [5.74, 6) is -0.191. The fraction of sp³-hybridized carbons (Fsp3) is 0.231. The molecule has 0 saturated carbocycles. The van der Waals surface area contributed by atoms with Gasteiger partial charge in [0.15, 0.2) is 0 Å². The van der Waals surface area contributed by atoms with Gasteiger partial charge in [-0.1, -0.05) is 48.5 Å². The van der Waals surface area contributed by atoms with E-state index in [4.69, 9.17) is 14.2 Å². The normalized spacial score (nSPS) is 12.9. The lowest BCUT2D eigenvalue weighted by Gasteiger charge is -2.18. The van der Waals surface area contributed by atoms with Gasteiger partial charge < -0.3 is 24.6 Å². The third-order valence-corrected chi connectivity index (χ3v) is 5.78. The molecule has 0 spiro atoms. The Balaban J connectivity index is 1.44. The number of aliphatic carboxylic acids is 1. The first kappa shape index (κ1) is 22.2. The number of fused-ring (bicyclic) bond motifs is 3. The number of carboxylic acids is 1. The first-order valence-corrected chi connectivity index (χ1v) is 10.6. The van der Waals surface area contributed by atoms with Gasteiger partial charge >= 0.3 is 12.1 Å². The summed E-state index contributed by atoms with van der Waals surface area (Å²) in [6, 6.07) is 20.0. The maximum atomic E-state index is 12.5. The van der Waals surface area contributed by atoms with Crippen LogP contribution in [0.3, 0.4) is 0 Å². The van der Waals surface area contributed by atoms with Gasteiger partial charge in [0, 0.05) is 18.4 Å². The number of ether oxygens (including phenoxy) is 3. The van der Waals surface area contributed by atoms with E-state index in [1.807, 2.05) is 36.4 Å². The molecule has 7 nitrogen and oxygen atoms in total. The fourth-order valence-electron chi connectivity index (χ4n) is 4.20. The molecule has 7 heteroatoms. The summed E-state index contributed by atoms with van der Waals surface area (Å²) in [5.41, 5.74) is 5.07. The van der Waals surface area contributed by atoms with Gasteiger partial charge in [-0.25, -0.2) is 9.59 Å². The largest absolute Gasteiger partial charge is 0.497 e. The Morgan fingerprint density at radius 1 is 0.909 bits per heavy atom. The summed E-state index contributed by atoms with van der Waals surface area (Å²) < 4.78 is 16.0. The second-order valence-electron chi connectivity index (χ2n) is 7.79. The number of benzene rings is 3. The molecule has 4 rings (SSSR count). The number of hydrogen-bond donors (Lipinski definition) is 2. The van der Waals surface area contributed by atoms with Crippen LogP contribution in [0.5, 0.6) is 11.5 Å². The number of hydrogen-bond acceptors (Lipinski definition) is 5. The number of carbonyl (C=O) groups excluding carboxylic acids is 1. The van der Waals surface area contributed by atoms with Gasteiger partial charge in [-0.3, -0.25) is 0 Å². The zero-order valence-corrected chi connectivity index (χ0v) is 18.4. The predicted molar refractivity (Wildman–Crippen MR) is 123 cm³/mol. The lowest BCUT2D eigenvalue weighted by molar-refractivity contribution is -0.139. The van der Waals surface area contributed by atoms with Gasteiger partial charge in [-0.15, -0.1) is 0 Å². The number of carboxylic acid groups (broad SMARTS) is 1. The highest BCUT2D eigenvalue weighted by Crippen LogP contribution is 2.44. The fourth-order valence-corrected chi connectivity index (χ4v) is 4.20. The van der Waals surface area contributed by atoms with Crippen molar-refractivity contribution in [2.75, 3.05) is 20.8 Å². The molecule has 3 aromatic rings. The van der Waals surface area contributed by atoms with E-state index < -0.39 is 18.1 Å². The topological polar surface area (TPSA) is 94.1 Å². The number of nitrogens with one attached hydrogen (secondary N) is 1. The van der Waals surface area contributed by atoms with Crippen LogP contribution in [0.25, 0.3) is 11.1 Å². The zero-order chi connectivity index (χ0) is 23.4. The lowest BCUT2D eigenvalue weighted by atomic mass is 9.98. The Kier molecular flexibility index (Phi) is 6.49. The Bertz CT molecular complexity index is 1110. The summed E-state index contributed by atoms with van der Waals surface area (Å²) in [7, 11) is 3.03. The molecule has 1 atom stereocenters. The third kappa shape index (κ3) is 4.77. The van der Waals surface area contributed by atoms with E-state index in [2.05, 4.69) is 17.4 Å². The molecule has 0 heterocycles. The Hall–Kier alpha value is -4.00. The molecule has 0 aliphatic heterocycles. The van der Waals surface area contributed by atoms with Gasteiger partial charge in [0.2, 0.25) is 0 Å². The van der Waals surface area contributed by atoms with Gasteiger partial charge in [-0.2, -0.15) is 0 Å². The summed E-state index contributed by atoms with van der Waals surface area (Å²) in [4.78, 5) is 24.3. The number of amides is 1. The Morgan fingerprint density at radius 2 is 1.45 bits per heavy atom. The van der Waals surface area contributed by atoms with Crippen molar-refractivity contribution in [3.8, 4) is 22.6 Å². The van der Waals surface area contributed by atoms with Crippen LogP contribution >= 0.6 is 0 Å². The Labute approximate surface area is 191 Å². The van der Waals surface area contributed by atoms with Crippen LogP contribution in [0.1, 0.15) is 22.6 Å². The van der Waals surface area contributed by atoms with Crippen LogP contribution in [0.15, 0.2) is 66.7 Å². The van der Waals surface area contributed by atoms with Crippen molar-refractivity contribution in [3.05, 3.63) is 83.4 Å². The maximum absolute atomic E-state index is 12.5. The molecule has 33 heavy (non-hydrogen) atoms. The maximum Gasteiger partial charge on any atom is 0.407 e. The van der Waals surface area contributed by atoms with Gasteiger partial charge in [0.25, 0.3) is 0 Å². The summed E-state index contributed by atoms with van der Waals surface area (Å²) in [5, 5.41) is 12.1. The van der Waals surface area contributed by atoms with E-state index in [-0.39, 0.29) is 18.9 Å². The average Bonchev–Trinajstić information content (AvgIpc) is 3.15. The van der Waals surface area contributed by atoms with Crippen molar-refractivity contribution < 1.29 is 28.9 Å². The quantitative estimate of drug-likeness (QED) is 0.537. The summed E-state index contributed by atoms with van der Waals surface area (Å²) in [6.07, 6.45) is -0.730. The molecule has 0 saturated heterocycles. The molecule has 0 aromatic heterocycles. The predicted octanol–water partition coefficient (Wildman–Crippen LogP) is 4.24. The molecular formula is C26H25NO6. The van der Waals surface area contributed by atoms with Crippen LogP contribution in [0.2, 0.25) is 0 Å². The van der Waals surface area contributed by atoms with Crippen LogP contribution in [0, 0.1) is 0 Å². The third-order valence-electron chi connectivity index (χ3n) is 5.78. The summed E-state index contributed by atoms with van der Waals surface area (Å²) >= 11 is 0. The van der Waals surface area contributed by atoms with Crippen molar-refractivity contribution >= 4 is 12.1 Å². The minimum Gasteiger partial charge on any atom is -0.497 e.